The normalized spacial score (nSPS) is 12.0. The summed E-state index contributed by atoms with van der Waals surface area (Å²) >= 11 is 3.44. The third kappa shape index (κ3) is 8.13. The maximum absolute atomic E-state index is 13.8. The molecule has 3 aromatic rings. The number of hydrogen-bond acceptors (Lipinski definition) is 4. The molecule has 3 aromatic carbocycles. The van der Waals surface area contributed by atoms with Crippen LogP contribution in [0, 0.1) is 5.82 Å². The first-order valence-electron chi connectivity index (χ1n) is 11.7. The first-order valence-corrected chi connectivity index (χ1v) is 14.3. The number of halogens is 2. The molecule has 0 aliphatic carbocycles. The molecule has 0 spiro atoms. The summed E-state index contributed by atoms with van der Waals surface area (Å²) in [5.41, 5.74) is 1.76. The Labute approximate surface area is 225 Å². The highest BCUT2D eigenvalue weighted by molar-refractivity contribution is 9.10. The van der Waals surface area contributed by atoms with E-state index in [4.69, 9.17) is 0 Å². The molecule has 196 valence electrons. The Morgan fingerprint density at radius 1 is 0.973 bits per heavy atom. The van der Waals surface area contributed by atoms with Crippen molar-refractivity contribution in [2.45, 2.75) is 25.9 Å². The van der Waals surface area contributed by atoms with E-state index in [1.807, 2.05) is 54.6 Å². The fraction of sp³-hybridized carbons (Fsp3) is 0.259. The average Bonchev–Trinajstić information content (AvgIpc) is 2.85. The molecule has 1 unspecified atom stereocenters. The lowest BCUT2D eigenvalue weighted by Gasteiger charge is -2.33. The monoisotopic (exact) mass is 589 g/mol. The summed E-state index contributed by atoms with van der Waals surface area (Å²) in [6.07, 6.45) is 1.22. The van der Waals surface area contributed by atoms with Gasteiger partial charge in [-0.1, -0.05) is 58.4 Å². The van der Waals surface area contributed by atoms with Crippen LogP contribution < -0.4 is 9.62 Å². The standard InChI is InChI=1S/C27H29BrFN3O4S/c1-3-30-27(34)25(17-20-8-5-4-6-9-20)31(18-21-10-7-11-22(28)16-21)26(33)19-32(37(2,35)36)24-14-12-23(29)13-15-24/h4-16,25H,3,17-19H2,1-2H3,(H,30,34). The summed E-state index contributed by atoms with van der Waals surface area (Å²) in [7, 11) is -3.90. The Morgan fingerprint density at radius 2 is 1.62 bits per heavy atom. The van der Waals surface area contributed by atoms with Crippen LogP contribution in [0.15, 0.2) is 83.3 Å². The van der Waals surface area contributed by atoms with Crippen molar-refractivity contribution in [1.82, 2.24) is 10.2 Å². The molecule has 1 atom stereocenters. The number of nitrogens with one attached hydrogen (secondary N) is 1. The minimum absolute atomic E-state index is 0.0773. The molecule has 10 heteroatoms. The van der Waals surface area contributed by atoms with Crippen molar-refractivity contribution >= 4 is 43.5 Å². The van der Waals surface area contributed by atoms with E-state index in [1.165, 1.54) is 17.0 Å². The number of rotatable bonds is 11. The number of nitrogens with zero attached hydrogens (tertiary/aromatic N) is 2. The van der Waals surface area contributed by atoms with E-state index >= 15 is 0 Å². The van der Waals surface area contributed by atoms with Crippen LogP contribution >= 0.6 is 15.9 Å². The zero-order chi connectivity index (χ0) is 27.0. The number of likely N-dealkylation sites (N-methyl/N-ethyl adjacent to an activating group) is 1. The molecular formula is C27H29BrFN3O4S. The van der Waals surface area contributed by atoms with Gasteiger partial charge >= 0.3 is 0 Å². The molecule has 1 N–H and O–H groups in total. The Morgan fingerprint density at radius 3 is 2.22 bits per heavy atom. The smallest absolute Gasteiger partial charge is 0.244 e. The highest BCUT2D eigenvalue weighted by Crippen LogP contribution is 2.21. The lowest BCUT2D eigenvalue weighted by molar-refractivity contribution is -0.140. The highest BCUT2D eigenvalue weighted by atomic mass is 79.9. The van der Waals surface area contributed by atoms with Gasteiger partial charge < -0.3 is 10.2 Å². The van der Waals surface area contributed by atoms with Gasteiger partial charge in [-0.05, 0) is 54.4 Å². The Hall–Kier alpha value is -3.24. The third-order valence-electron chi connectivity index (χ3n) is 5.66. The predicted molar refractivity (Wildman–Crippen MR) is 146 cm³/mol. The van der Waals surface area contributed by atoms with E-state index < -0.39 is 34.3 Å². The van der Waals surface area contributed by atoms with Gasteiger partial charge in [-0.15, -0.1) is 0 Å². The number of carbonyl (C=O) groups is 2. The van der Waals surface area contributed by atoms with Crippen molar-refractivity contribution in [3.63, 3.8) is 0 Å². The third-order valence-corrected chi connectivity index (χ3v) is 7.29. The van der Waals surface area contributed by atoms with Gasteiger partial charge in [0, 0.05) is 24.0 Å². The fourth-order valence-corrected chi connectivity index (χ4v) is 5.20. The second kappa shape index (κ2) is 12.8. The van der Waals surface area contributed by atoms with Crippen LogP contribution in [0.25, 0.3) is 0 Å². The molecule has 37 heavy (non-hydrogen) atoms. The highest BCUT2D eigenvalue weighted by Gasteiger charge is 2.32. The summed E-state index contributed by atoms with van der Waals surface area (Å²) in [6.45, 7) is 1.68. The second-order valence-corrected chi connectivity index (χ2v) is 11.3. The first kappa shape index (κ1) is 28.3. The minimum Gasteiger partial charge on any atom is -0.355 e. The van der Waals surface area contributed by atoms with Gasteiger partial charge in [0.1, 0.15) is 18.4 Å². The molecule has 0 saturated heterocycles. The number of benzene rings is 3. The number of anilines is 1. The molecule has 0 heterocycles. The number of amides is 2. The van der Waals surface area contributed by atoms with Gasteiger partial charge in [0.05, 0.1) is 11.9 Å². The van der Waals surface area contributed by atoms with E-state index in [9.17, 15) is 22.4 Å². The largest absolute Gasteiger partial charge is 0.355 e. The van der Waals surface area contributed by atoms with E-state index in [1.54, 1.807) is 6.92 Å². The molecule has 0 aliphatic rings. The Kier molecular flexibility index (Phi) is 9.82. The van der Waals surface area contributed by atoms with Gasteiger partial charge in [0.2, 0.25) is 21.8 Å². The molecule has 0 aliphatic heterocycles. The lowest BCUT2D eigenvalue weighted by Crippen LogP contribution is -2.53. The van der Waals surface area contributed by atoms with Crippen LogP contribution in [0.1, 0.15) is 18.1 Å². The van der Waals surface area contributed by atoms with Gasteiger partial charge in [0.15, 0.2) is 0 Å². The minimum atomic E-state index is -3.90. The Balaban J connectivity index is 2.03. The lowest BCUT2D eigenvalue weighted by atomic mass is 10.0. The van der Waals surface area contributed by atoms with Gasteiger partial charge in [-0.25, -0.2) is 12.8 Å². The SMILES string of the molecule is CCNC(=O)C(Cc1ccccc1)N(Cc1cccc(Br)c1)C(=O)CN(c1ccc(F)cc1)S(C)(=O)=O. The van der Waals surface area contributed by atoms with Crippen LogP contribution in [0.3, 0.4) is 0 Å². The van der Waals surface area contributed by atoms with Crippen molar-refractivity contribution in [2.24, 2.45) is 0 Å². The van der Waals surface area contributed by atoms with Gasteiger partial charge in [-0.3, -0.25) is 13.9 Å². The number of carbonyl (C=O) groups excluding carboxylic acids is 2. The van der Waals surface area contributed by atoms with E-state index in [0.29, 0.717) is 6.54 Å². The predicted octanol–water partition coefficient (Wildman–Crippen LogP) is 4.13. The number of sulfonamides is 1. The van der Waals surface area contributed by atoms with Crippen LogP contribution in [-0.2, 0) is 32.6 Å². The molecule has 0 radical (unpaired) electrons. The molecule has 3 rings (SSSR count). The topological polar surface area (TPSA) is 86.8 Å². The zero-order valence-corrected chi connectivity index (χ0v) is 23.0. The van der Waals surface area contributed by atoms with Crippen molar-refractivity contribution in [1.29, 1.82) is 0 Å². The molecule has 0 bridgehead atoms. The van der Waals surface area contributed by atoms with E-state index in [-0.39, 0.29) is 24.6 Å². The van der Waals surface area contributed by atoms with E-state index in [2.05, 4.69) is 21.2 Å². The Bertz CT molecular complexity index is 1320. The van der Waals surface area contributed by atoms with Crippen LogP contribution in [-0.4, -0.2) is 50.5 Å². The molecule has 0 aromatic heterocycles. The summed E-state index contributed by atoms with van der Waals surface area (Å²) in [5.74, 6) is -1.44. The van der Waals surface area contributed by atoms with Crippen molar-refractivity contribution in [3.8, 4) is 0 Å². The van der Waals surface area contributed by atoms with E-state index in [0.717, 1.165) is 38.3 Å². The molecule has 0 fully saturated rings. The van der Waals surface area contributed by atoms with Crippen molar-refractivity contribution in [3.05, 3.63) is 100 Å². The summed E-state index contributed by atoms with van der Waals surface area (Å²) in [6, 6.07) is 20.6. The van der Waals surface area contributed by atoms with Crippen LogP contribution in [0.2, 0.25) is 0 Å². The van der Waals surface area contributed by atoms with Crippen LogP contribution in [0.5, 0.6) is 0 Å². The maximum Gasteiger partial charge on any atom is 0.244 e. The summed E-state index contributed by atoms with van der Waals surface area (Å²) < 4.78 is 40.5. The maximum atomic E-state index is 13.8. The number of hydrogen-bond donors (Lipinski definition) is 1. The van der Waals surface area contributed by atoms with Crippen molar-refractivity contribution in [2.75, 3.05) is 23.7 Å². The first-order chi connectivity index (χ1) is 17.6. The fourth-order valence-electron chi connectivity index (χ4n) is 3.90. The summed E-state index contributed by atoms with van der Waals surface area (Å²) in [4.78, 5) is 28.5. The molecule has 7 nitrogen and oxygen atoms in total. The molecular weight excluding hydrogens is 561 g/mol. The molecule has 0 saturated carbocycles. The second-order valence-electron chi connectivity index (χ2n) is 8.50. The van der Waals surface area contributed by atoms with Gasteiger partial charge in [-0.2, -0.15) is 0 Å². The summed E-state index contributed by atoms with van der Waals surface area (Å²) in [5, 5.41) is 2.80. The molecule has 2 amide bonds. The van der Waals surface area contributed by atoms with Crippen LogP contribution in [0.4, 0.5) is 10.1 Å². The van der Waals surface area contributed by atoms with Gasteiger partial charge in [0.25, 0.3) is 0 Å². The zero-order valence-electron chi connectivity index (χ0n) is 20.6. The average molecular weight is 591 g/mol. The quantitative estimate of drug-likeness (QED) is 0.364. The van der Waals surface area contributed by atoms with Crippen molar-refractivity contribution < 1.29 is 22.4 Å².